The molecule has 0 atom stereocenters. The van der Waals surface area contributed by atoms with Gasteiger partial charge >= 0.3 is 0 Å². The molecule has 3 aliphatic rings. The van der Waals surface area contributed by atoms with E-state index in [0.29, 0.717) is 37.1 Å². The Morgan fingerprint density at radius 3 is 1.16 bits per heavy atom. The van der Waals surface area contributed by atoms with Gasteiger partial charge in [-0.1, -0.05) is 145 Å². The van der Waals surface area contributed by atoms with Gasteiger partial charge in [-0.05, 0) is 152 Å². The molecular formula is C69H78N12. The Labute approximate surface area is 480 Å². The molecule has 0 saturated heterocycles. The summed E-state index contributed by atoms with van der Waals surface area (Å²) in [5.41, 5.74) is 28.0. The Balaban J connectivity index is 0.000000167. The lowest BCUT2D eigenvalue weighted by Gasteiger charge is -2.07. The maximum Gasteiger partial charge on any atom is 0.172 e. The summed E-state index contributed by atoms with van der Waals surface area (Å²) in [6, 6.07) is 37.8. The number of hydrogen-bond donors (Lipinski definition) is 0. The molecule has 0 aliphatic heterocycles. The molecule has 3 aromatic heterocycles. The van der Waals surface area contributed by atoms with Gasteiger partial charge in [0.2, 0.25) is 0 Å². The minimum absolute atomic E-state index is 0.447. The first-order valence-corrected chi connectivity index (χ1v) is 28.5. The summed E-state index contributed by atoms with van der Waals surface area (Å²) in [7, 11) is 0. The van der Waals surface area contributed by atoms with Crippen LogP contribution >= 0.6 is 0 Å². The summed E-state index contributed by atoms with van der Waals surface area (Å²) in [6.45, 7) is 32.5. The molecule has 0 radical (unpaired) electrons. The van der Waals surface area contributed by atoms with Crippen molar-refractivity contribution in [3.05, 3.63) is 227 Å². The molecule has 6 aromatic carbocycles. The molecule has 0 fully saturated rings. The highest BCUT2D eigenvalue weighted by molar-refractivity contribution is 5.83. The highest BCUT2D eigenvalue weighted by Crippen LogP contribution is 2.35. The standard InChI is InChI=1S/3C21H20N4.3C2H6/c1-13-8-16(9-14(2)15(13)3)11-22-12-20-23-19-10-17-6-4-5-7-18(17)21(19)25-24-20;1-13-8-15(3)17(9-14(13)2)11-22-12-20-23-19-10-16-6-4-5-7-18(16)21(19)25-24-20;1-13-8-9-17(15(3)14(13)2)11-22-12-20-23-19-10-16-6-4-5-7-18(16)21(19)25-24-20;3*1-2/h3*4-9,11H,10,12H2,1-3H3;3*1-2H3. The van der Waals surface area contributed by atoms with Crippen LogP contribution < -0.4 is 0 Å². The number of benzene rings is 6. The molecule has 0 N–H and O–H groups in total. The molecule has 3 aliphatic carbocycles. The van der Waals surface area contributed by atoms with Gasteiger partial charge in [-0.15, -0.1) is 30.6 Å². The normalized spacial score (nSPS) is 11.7. The average molecular weight is 1080 g/mol. The predicted molar refractivity (Wildman–Crippen MR) is 334 cm³/mol. The molecule has 12 heteroatoms. The van der Waals surface area contributed by atoms with E-state index in [1.54, 1.807) is 0 Å². The summed E-state index contributed by atoms with van der Waals surface area (Å²) in [5, 5.41) is 25.9. The average Bonchev–Trinajstić information content (AvgIpc) is 4.31. The third-order valence-electron chi connectivity index (χ3n) is 14.6. The molecule has 3 heterocycles. The SMILES string of the molecule is CC.CC.CC.Cc1cc(C)c(C=NCc2nnc3c(n2)Cc2ccccc2-3)cc1C.Cc1cc(C=NCc2nnc3c(n2)Cc2ccccc2-3)cc(C)c1C.Cc1ccc(C=NCc2nnc3c(n2)Cc2ccccc2-3)c(C)c1C. The van der Waals surface area contributed by atoms with Gasteiger partial charge in [0.05, 0.1) is 17.1 Å². The van der Waals surface area contributed by atoms with Crippen molar-refractivity contribution < 1.29 is 0 Å². The summed E-state index contributed by atoms with van der Waals surface area (Å²) < 4.78 is 0. The van der Waals surface area contributed by atoms with Gasteiger partial charge in [-0.25, -0.2) is 15.0 Å². The maximum absolute atomic E-state index is 4.67. The van der Waals surface area contributed by atoms with E-state index >= 15 is 0 Å². The highest BCUT2D eigenvalue weighted by Gasteiger charge is 2.24. The minimum atomic E-state index is 0.447. The Morgan fingerprint density at radius 2 is 0.728 bits per heavy atom. The smallest absolute Gasteiger partial charge is 0.172 e. The fourth-order valence-electron chi connectivity index (χ4n) is 9.71. The molecule has 0 unspecified atom stereocenters. The molecule has 81 heavy (non-hydrogen) atoms. The van der Waals surface area contributed by atoms with Crippen molar-refractivity contribution >= 4 is 18.6 Å². The lowest BCUT2D eigenvalue weighted by molar-refractivity contribution is 0.819. The summed E-state index contributed by atoms with van der Waals surface area (Å²) in [4.78, 5) is 27.6. The van der Waals surface area contributed by atoms with Crippen molar-refractivity contribution in [1.29, 1.82) is 0 Å². The zero-order valence-corrected chi connectivity index (χ0v) is 50.2. The van der Waals surface area contributed by atoms with Crippen LogP contribution in [-0.4, -0.2) is 64.2 Å². The van der Waals surface area contributed by atoms with E-state index in [4.69, 9.17) is 0 Å². The van der Waals surface area contributed by atoms with Crippen LogP contribution in [0.1, 0.15) is 160 Å². The molecule has 9 aromatic rings. The van der Waals surface area contributed by atoms with E-state index in [9.17, 15) is 0 Å². The van der Waals surface area contributed by atoms with Crippen LogP contribution in [0.4, 0.5) is 0 Å². The van der Waals surface area contributed by atoms with Gasteiger partial charge in [-0.3, -0.25) is 15.0 Å². The second-order valence-corrected chi connectivity index (χ2v) is 19.8. The fourth-order valence-corrected chi connectivity index (χ4v) is 9.71. The largest absolute Gasteiger partial charge is 0.284 e. The first-order valence-electron chi connectivity index (χ1n) is 28.5. The van der Waals surface area contributed by atoms with Crippen molar-refractivity contribution in [2.75, 3.05) is 0 Å². The van der Waals surface area contributed by atoms with Gasteiger partial charge in [0.1, 0.15) is 36.7 Å². The highest BCUT2D eigenvalue weighted by atomic mass is 15.2. The van der Waals surface area contributed by atoms with E-state index in [-0.39, 0.29) is 0 Å². The van der Waals surface area contributed by atoms with Crippen molar-refractivity contribution in [3.8, 4) is 33.8 Å². The van der Waals surface area contributed by atoms with Crippen LogP contribution in [0.3, 0.4) is 0 Å². The van der Waals surface area contributed by atoms with Crippen LogP contribution in [0.2, 0.25) is 0 Å². The van der Waals surface area contributed by atoms with E-state index < -0.39 is 0 Å². The van der Waals surface area contributed by atoms with E-state index in [0.717, 1.165) is 86.8 Å². The molecule has 0 amide bonds. The molecule has 0 bridgehead atoms. The van der Waals surface area contributed by atoms with Crippen molar-refractivity contribution in [3.63, 3.8) is 0 Å². The third kappa shape index (κ3) is 14.4. The van der Waals surface area contributed by atoms with Crippen LogP contribution in [0.5, 0.6) is 0 Å². The molecule has 0 spiro atoms. The van der Waals surface area contributed by atoms with Gasteiger partial charge in [-0.2, -0.15) is 0 Å². The van der Waals surface area contributed by atoms with Gasteiger partial charge in [0.25, 0.3) is 0 Å². The number of aliphatic imine (C=N–C) groups is 3. The first kappa shape index (κ1) is 60.0. The number of fused-ring (bicyclic) bond motifs is 9. The second-order valence-electron chi connectivity index (χ2n) is 19.8. The lowest BCUT2D eigenvalue weighted by atomic mass is 10.00. The summed E-state index contributed by atoms with van der Waals surface area (Å²) >= 11 is 0. The Kier molecular flexibility index (Phi) is 21.1. The van der Waals surface area contributed by atoms with Crippen LogP contribution in [0, 0.1) is 62.3 Å². The van der Waals surface area contributed by atoms with Crippen LogP contribution in [0.25, 0.3) is 33.8 Å². The zero-order chi connectivity index (χ0) is 58.2. The van der Waals surface area contributed by atoms with E-state index in [2.05, 4.69) is 214 Å². The summed E-state index contributed by atoms with van der Waals surface area (Å²) in [5.74, 6) is 2.01. The summed E-state index contributed by atoms with van der Waals surface area (Å²) in [6.07, 6.45) is 8.20. The molecule has 414 valence electrons. The quantitative estimate of drug-likeness (QED) is 0.129. The topological polar surface area (TPSA) is 153 Å². The predicted octanol–water partition coefficient (Wildman–Crippen LogP) is 15.0. The van der Waals surface area contributed by atoms with Gasteiger partial charge in [0.15, 0.2) is 17.5 Å². The molecule has 12 nitrogen and oxygen atoms in total. The lowest BCUT2D eigenvalue weighted by Crippen LogP contribution is -2.01. The van der Waals surface area contributed by atoms with E-state index in [1.165, 1.54) is 66.8 Å². The van der Waals surface area contributed by atoms with Crippen LogP contribution in [0.15, 0.2) is 124 Å². The maximum atomic E-state index is 4.67. The van der Waals surface area contributed by atoms with Crippen molar-refractivity contribution in [2.45, 2.75) is 143 Å². The number of rotatable bonds is 9. The number of aryl methyl sites for hydroxylation is 6. The molecular weight excluding hydrogens is 997 g/mol. The molecule has 0 saturated carbocycles. The van der Waals surface area contributed by atoms with Crippen LogP contribution in [-0.2, 0) is 38.9 Å². The van der Waals surface area contributed by atoms with Crippen molar-refractivity contribution in [1.82, 2.24) is 45.5 Å². The number of aromatic nitrogens is 9. The second kappa shape index (κ2) is 28.5. The Bertz CT molecular complexity index is 3610. The molecule has 12 rings (SSSR count). The first-order chi connectivity index (χ1) is 39.4. The Hall–Kier alpha value is -8.64. The van der Waals surface area contributed by atoms with Gasteiger partial charge in [0, 0.05) is 54.6 Å². The Morgan fingerprint density at radius 1 is 0.346 bits per heavy atom. The van der Waals surface area contributed by atoms with E-state index in [1.807, 2.05) is 78.4 Å². The monoisotopic (exact) mass is 1070 g/mol. The van der Waals surface area contributed by atoms with Gasteiger partial charge < -0.3 is 0 Å². The zero-order valence-electron chi connectivity index (χ0n) is 50.2. The number of hydrogen-bond acceptors (Lipinski definition) is 12. The van der Waals surface area contributed by atoms with Crippen molar-refractivity contribution in [2.24, 2.45) is 15.0 Å². The third-order valence-corrected chi connectivity index (χ3v) is 14.6. The number of nitrogens with zero attached hydrogens (tertiary/aromatic N) is 12. The minimum Gasteiger partial charge on any atom is -0.284 e. The fraction of sp³-hybridized carbons (Fsp3) is 0.304.